The van der Waals surface area contributed by atoms with Crippen LogP contribution in [0.5, 0.6) is 5.75 Å². The lowest BCUT2D eigenvalue weighted by Gasteiger charge is -2.24. The number of nitrogens with zero attached hydrogens (tertiary/aromatic N) is 1. The molecule has 0 bridgehead atoms. The summed E-state index contributed by atoms with van der Waals surface area (Å²) >= 11 is 0. The fourth-order valence-corrected chi connectivity index (χ4v) is 4.14. The van der Waals surface area contributed by atoms with Crippen molar-refractivity contribution in [3.8, 4) is 5.75 Å². The highest BCUT2D eigenvalue weighted by molar-refractivity contribution is 5.91. The van der Waals surface area contributed by atoms with Gasteiger partial charge in [-0.1, -0.05) is 24.3 Å². The average Bonchev–Trinajstić information content (AvgIpc) is 3.26. The molecule has 116 valence electrons. The number of likely N-dealkylation sites (tertiary alicyclic amines) is 1. The molecule has 0 N–H and O–H groups in total. The number of methoxy groups -OCH3 is 1. The summed E-state index contributed by atoms with van der Waals surface area (Å²) < 4.78 is 5.22. The number of amides is 1. The van der Waals surface area contributed by atoms with E-state index >= 15 is 0 Å². The lowest BCUT2D eigenvalue weighted by molar-refractivity contribution is -0.133. The molecular weight excluding hydrogens is 274 g/mol. The van der Waals surface area contributed by atoms with Crippen LogP contribution in [0.25, 0.3) is 0 Å². The third kappa shape index (κ3) is 2.15. The summed E-state index contributed by atoms with van der Waals surface area (Å²) in [6.45, 7) is 1.90. The van der Waals surface area contributed by atoms with Gasteiger partial charge in [-0.3, -0.25) is 4.79 Å². The Bertz CT molecular complexity index is 584. The van der Waals surface area contributed by atoms with Gasteiger partial charge in [-0.2, -0.15) is 0 Å². The number of allylic oxidation sites excluding steroid dienone is 2. The normalized spacial score (nSPS) is 28.3. The minimum Gasteiger partial charge on any atom is -0.497 e. The van der Waals surface area contributed by atoms with Crippen molar-refractivity contribution in [2.24, 2.45) is 11.8 Å². The summed E-state index contributed by atoms with van der Waals surface area (Å²) in [5.41, 5.74) is 0.916. The third-order valence-electron chi connectivity index (χ3n) is 5.71. The molecule has 1 aromatic carbocycles. The number of ether oxygens (including phenoxy) is 1. The highest BCUT2D eigenvalue weighted by Crippen LogP contribution is 2.51. The molecule has 1 aliphatic heterocycles. The Morgan fingerprint density at radius 2 is 1.68 bits per heavy atom. The number of carbonyl (C=O) groups excluding carboxylic acids is 1. The lowest BCUT2D eigenvalue weighted by atomic mass is 9.86. The molecular formula is C19H23NO2. The summed E-state index contributed by atoms with van der Waals surface area (Å²) in [6.07, 6.45) is 8.83. The zero-order chi connectivity index (χ0) is 15.2. The molecule has 1 aromatic rings. The van der Waals surface area contributed by atoms with Gasteiger partial charge in [0.2, 0.25) is 5.91 Å². The van der Waals surface area contributed by atoms with Gasteiger partial charge >= 0.3 is 0 Å². The standard InChI is InChI=1S/C19H23NO2/c1-22-17-8-6-16(7-9-17)19(10-11-19)18(21)20-12-14-4-2-3-5-15(14)13-20/h2-3,6-9,14-15H,4-5,10-13H2,1H3/t14-,15+. The number of hydrogen-bond donors (Lipinski definition) is 0. The van der Waals surface area contributed by atoms with Crippen molar-refractivity contribution in [1.29, 1.82) is 0 Å². The molecule has 0 unspecified atom stereocenters. The molecule has 22 heavy (non-hydrogen) atoms. The minimum atomic E-state index is -0.243. The molecule has 0 radical (unpaired) electrons. The van der Waals surface area contributed by atoms with Crippen molar-refractivity contribution in [2.45, 2.75) is 31.1 Å². The van der Waals surface area contributed by atoms with Crippen molar-refractivity contribution < 1.29 is 9.53 Å². The third-order valence-corrected chi connectivity index (χ3v) is 5.71. The molecule has 1 saturated heterocycles. The van der Waals surface area contributed by atoms with E-state index in [2.05, 4.69) is 29.2 Å². The first kappa shape index (κ1) is 13.9. The maximum atomic E-state index is 13.1. The molecule has 3 heteroatoms. The number of fused-ring (bicyclic) bond motifs is 1. The molecule has 3 nitrogen and oxygen atoms in total. The molecule has 1 heterocycles. The fraction of sp³-hybridized carbons (Fsp3) is 0.526. The quantitative estimate of drug-likeness (QED) is 0.802. The van der Waals surface area contributed by atoms with Crippen molar-refractivity contribution >= 4 is 5.91 Å². The monoisotopic (exact) mass is 297 g/mol. The summed E-state index contributed by atoms with van der Waals surface area (Å²) in [6, 6.07) is 8.07. The minimum absolute atomic E-state index is 0.243. The van der Waals surface area contributed by atoms with Gasteiger partial charge in [0.15, 0.2) is 0 Å². The highest BCUT2D eigenvalue weighted by atomic mass is 16.5. The molecule has 0 aromatic heterocycles. The lowest BCUT2D eigenvalue weighted by Crippen LogP contribution is -2.38. The number of hydrogen-bond acceptors (Lipinski definition) is 2. The van der Waals surface area contributed by atoms with Gasteiger partial charge in [0.25, 0.3) is 0 Å². The average molecular weight is 297 g/mol. The molecule has 4 rings (SSSR count). The van der Waals surface area contributed by atoms with E-state index in [-0.39, 0.29) is 5.41 Å². The maximum Gasteiger partial charge on any atom is 0.233 e. The van der Waals surface area contributed by atoms with Crippen molar-refractivity contribution in [2.75, 3.05) is 20.2 Å². The van der Waals surface area contributed by atoms with E-state index in [0.717, 1.165) is 50.1 Å². The maximum absolute atomic E-state index is 13.1. The molecule has 0 spiro atoms. The van der Waals surface area contributed by atoms with Crippen LogP contribution in [0.2, 0.25) is 0 Å². The first-order valence-electron chi connectivity index (χ1n) is 8.32. The van der Waals surface area contributed by atoms with E-state index in [1.807, 2.05) is 12.1 Å². The summed E-state index contributed by atoms with van der Waals surface area (Å²) in [5, 5.41) is 0. The topological polar surface area (TPSA) is 29.5 Å². The van der Waals surface area contributed by atoms with Crippen molar-refractivity contribution in [1.82, 2.24) is 4.90 Å². The van der Waals surface area contributed by atoms with Gasteiger partial charge < -0.3 is 9.64 Å². The predicted octanol–water partition coefficient (Wildman–Crippen LogP) is 3.15. The second-order valence-corrected chi connectivity index (χ2v) is 6.98. The van der Waals surface area contributed by atoms with Crippen LogP contribution in [0.3, 0.4) is 0 Å². The van der Waals surface area contributed by atoms with Gasteiger partial charge in [0.05, 0.1) is 12.5 Å². The van der Waals surface area contributed by atoms with Crippen molar-refractivity contribution in [3.05, 3.63) is 42.0 Å². The molecule has 1 saturated carbocycles. The number of benzene rings is 1. The van der Waals surface area contributed by atoms with Gasteiger partial charge in [-0.25, -0.2) is 0 Å². The second kappa shape index (κ2) is 5.15. The van der Waals surface area contributed by atoms with Crippen LogP contribution in [0.4, 0.5) is 0 Å². The zero-order valence-electron chi connectivity index (χ0n) is 13.1. The molecule has 2 fully saturated rings. The second-order valence-electron chi connectivity index (χ2n) is 6.98. The Kier molecular flexibility index (Phi) is 3.24. The van der Waals surface area contributed by atoms with Gasteiger partial charge in [0, 0.05) is 13.1 Å². The van der Waals surface area contributed by atoms with E-state index in [1.54, 1.807) is 7.11 Å². The smallest absolute Gasteiger partial charge is 0.233 e. The Hall–Kier alpha value is -1.77. The van der Waals surface area contributed by atoms with Crippen LogP contribution in [-0.4, -0.2) is 31.0 Å². The van der Waals surface area contributed by atoms with E-state index in [4.69, 9.17) is 4.74 Å². The fourth-order valence-electron chi connectivity index (χ4n) is 4.14. The van der Waals surface area contributed by atoms with Gasteiger partial charge in [-0.05, 0) is 55.2 Å². The van der Waals surface area contributed by atoms with E-state index < -0.39 is 0 Å². The van der Waals surface area contributed by atoms with Gasteiger partial charge in [-0.15, -0.1) is 0 Å². The van der Waals surface area contributed by atoms with E-state index in [0.29, 0.717) is 17.7 Å². The molecule has 1 amide bonds. The Morgan fingerprint density at radius 1 is 1.09 bits per heavy atom. The Balaban J connectivity index is 1.52. The Morgan fingerprint density at radius 3 is 2.18 bits per heavy atom. The highest BCUT2D eigenvalue weighted by Gasteiger charge is 2.54. The first-order chi connectivity index (χ1) is 10.7. The van der Waals surface area contributed by atoms with Crippen molar-refractivity contribution in [3.63, 3.8) is 0 Å². The van der Waals surface area contributed by atoms with Crippen LogP contribution in [0.1, 0.15) is 31.2 Å². The van der Waals surface area contributed by atoms with E-state index in [1.165, 1.54) is 0 Å². The molecule has 2 aliphatic carbocycles. The van der Waals surface area contributed by atoms with Crippen LogP contribution in [0, 0.1) is 11.8 Å². The number of rotatable bonds is 3. The summed E-state index contributed by atoms with van der Waals surface area (Å²) in [7, 11) is 1.67. The zero-order valence-corrected chi connectivity index (χ0v) is 13.1. The summed E-state index contributed by atoms with van der Waals surface area (Å²) in [4.78, 5) is 15.2. The van der Waals surface area contributed by atoms with E-state index in [9.17, 15) is 4.79 Å². The Labute approximate surface area is 132 Å². The first-order valence-corrected chi connectivity index (χ1v) is 8.32. The summed E-state index contributed by atoms with van der Waals surface area (Å²) in [5.74, 6) is 2.57. The molecule has 3 aliphatic rings. The van der Waals surface area contributed by atoms with Crippen LogP contribution in [0.15, 0.2) is 36.4 Å². The van der Waals surface area contributed by atoms with Crippen LogP contribution >= 0.6 is 0 Å². The molecule has 2 atom stereocenters. The SMILES string of the molecule is COc1ccc(C2(C(=O)N3C[C@H]4CC=CC[C@H]4C3)CC2)cc1. The van der Waals surface area contributed by atoms with Gasteiger partial charge in [0.1, 0.15) is 5.75 Å². The largest absolute Gasteiger partial charge is 0.497 e. The predicted molar refractivity (Wildman–Crippen MR) is 85.8 cm³/mol. The number of carbonyl (C=O) groups is 1. The van der Waals surface area contributed by atoms with Crippen LogP contribution in [-0.2, 0) is 10.2 Å². The van der Waals surface area contributed by atoms with Crippen LogP contribution < -0.4 is 4.74 Å².